The van der Waals surface area contributed by atoms with E-state index in [1.165, 1.54) is 0 Å². The second-order valence-electron chi connectivity index (χ2n) is 6.30. The highest BCUT2D eigenvalue weighted by molar-refractivity contribution is 5.92. The first kappa shape index (κ1) is 20.1. The van der Waals surface area contributed by atoms with Crippen molar-refractivity contribution >= 4 is 17.4 Å². The number of hydrogen-bond donors (Lipinski definition) is 1. The van der Waals surface area contributed by atoms with Crippen LogP contribution in [0.15, 0.2) is 60.7 Å². The number of nitrogens with one attached hydrogen (secondary N) is 1. The molecule has 1 heterocycles. The van der Waals surface area contributed by atoms with Crippen LogP contribution in [-0.4, -0.2) is 41.8 Å². The van der Waals surface area contributed by atoms with E-state index in [0.717, 1.165) is 11.3 Å². The Bertz CT molecular complexity index is 946. The molecule has 0 saturated carbocycles. The summed E-state index contributed by atoms with van der Waals surface area (Å²) in [6, 6.07) is 18.7. The second kappa shape index (κ2) is 9.54. The fourth-order valence-corrected chi connectivity index (χ4v) is 2.87. The average Bonchev–Trinajstić information content (AvgIpc) is 2.78. The van der Waals surface area contributed by atoms with Crippen LogP contribution in [0.25, 0.3) is 0 Å². The zero-order chi connectivity index (χ0) is 20.6. The number of benzene rings is 2. The quantitative estimate of drug-likeness (QED) is 0.627. The molecule has 150 valence electrons. The van der Waals surface area contributed by atoms with Gasteiger partial charge in [0.2, 0.25) is 0 Å². The first-order valence-electron chi connectivity index (χ1n) is 9.30. The number of carbonyl (C=O) groups is 1. The smallest absolute Gasteiger partial charge is 0.274 e. The molecule has 0 aliphatic heterocycles. The molecule has 0 atom stereocenters. The lowest BCUT2D eigenvalue weighted by molar-refractivity contribution is 0.0745. The van der Waals surface area contributed by atoms with Gasteiger partial charge in [-0.05, 0) is 36.8 Å². The van der Waals surface area contributed by atoms with Gasteiger partial charge in [-0.1, -0.05) is 30.3 Å². The molecule has 0 aliphatic carbocycles. The summed E-state index contributed by atoms with van der Waals surface area (Å²) in [5.74, 6) is 1.63. The van der Waals surface area contributed by atoms with Crippen LogP contribution in [0.3, 0.4) is 0 Å². The van der Waals surface area contributed by atoms with Crippen molar-refractivity contribution in [3.8, 4) is 11.5 Å². The Hall–Kier alpha value is -3.61. The highest BCUT2D eigenvalue weighted by atomic mass is 16.5. The largest absolute Gasteiger partial charge is 0.493 e. The van der Waals surface area contributed by atoms with Crippen molar-refractivity contribution < 1.29 is 14.3 Å². The predicted octanol–water partition coefficient (Wildman–Crippen LogP) is 3.90. The van der Waals surface area contributed by atoms with Crippen molar-refractivity contribution in [1.82, 2.24) is 15.1 Å². The highest BCUT2D eigenvalue weighted by Gasteiger charge is 2.16. The summed E-state index contributed by atoms with van der Waals surface area (Å²) in [5.41, 5.74) is 2.15. The molecule has 0 unspecified atom stereocenters. The van der Waals surface area contributed by atoms with Crippen LogP contribution < -0.4 is 14.8 Å². The van der Waals surface area contributed by atoms with Crippen molar-refractivity contribution in [3.05, 3.63) is 71.9 Å². The molecule has 0 bridgehead atoms. The first-order valence-corrected chi connectivity index (χ1v) is 9.30. The minimum absolute atomic E-state index is 0.151. The maximum atomic E-state index is 12.8. The number of aromatic nitrogens is 2. The topological polar surface area (TPSA) is 76.6 Å². The molecule has 1 aromatic heterocycles. The minimum atomic E-state index is -0.151. The summed E-state index contributed by atoms with van der Waals surface area (Å²) in [6.07, 6.45) is 0. The number of carbonyl (C=O) groups excluding carboxylic acids is 1. The molecule has 29 heavy (non-hydrogen) atoms. The van der Waals surface area contributed by atoms with E-state index < -0.39 is 0 Å². The molecule has 2 aromatic carbocycles. The van der Waals surface area contributed by atoms with Crippen molar-refractivity contribution in [3.63, 3.8) is 0 Å². The van der Waals surface area contributed by atoms with Gasteiger partial charge in [-0.25, -0.2) is 0 Å². The van der Waals surface area contributed by atoms with E-state index in [9.17, 15) is 4.79 Å². The zero-order valence-electron chi connectivity index (χ0n) is 16.8. The number of methoxy groups -OCH3 is 2. The molecule has 0 fully saturated rings. The maximum Gasteiger partial charge on any atom is 0.274 e. The summed E-state index contributed by atoms with van der Waals surface area (Å²) in [4.78, 5) is 14.5. The standard InChI is InChI=1S/C22H24N4O3/c1-4-26(15-16-8-6-5-7-9-16)22(27)18-11-13-21(25-24-18)23-17-10-12-19(28-2)20(14-17)29-3/h5-14H,4,15H2,1-3H3,(H,23,25). The van der Waals surface area contributed by atoms with Crippen molar-refractivity contribution in [1.29, 1.82) is 0 Å². The Labute approximate surface area is 170 Å². The van der Waals surface area contributed by atoms with Gasteiger partial charge >= 0.3 is 0 Å². The van der Waals surface area contributed by atoms with Crippen LogP contribution in [0, 0.1) is 0 Å². The SMILES string of the molecule is CCN(Cc1ccccc1)C(=O)c1ccc(Nc2ccc(OC)c(OC)c2)nn1. The van der Waals surface area contributed by atoms with Crippen LogP contribution in [0.1, 0.15) is 23.0 Å². The minimum Gasteiger partial charge on any atom is -0.493 e. The third-order valence-corrected chi connectivity index (χ3v) is 4.42. The number of ether oxygens (including phenoxy) is 2. The normalized spacial score (nSPS) is 10.3. The van der Waals surface area contributed by atoms with Crippen LogP contribution in [0.4, 0.5) is 11.5 Å². The summed E-state index contributed by atoms with van der Waals surface area (Å²) in [6.45, 7) is 3.06. The molecule has 7 nitrogen and oxygen atoms in total. The Morgan fingerprint density at radius 2 is 1.72 bits per heavy atom. The number of rotatable bonds is 8. The van der Waals surface area contributed by atoms with Gasteiger partial charge in [0.1, 0.15) is 0 Å². The zero-order valence-corrected chi connectivity index (χ0v) is 16.8. The fraction of sp³-hybridized carbons (Fsp3) is 0.227. The summed E-state index contributed by atoms with van der Waals surface area (Å²) >= 11 is 0. The molecular weight excluding hydrogens is 368 g/mol. The van der Waals surface area contributed by atoms with Gasteiger partial charge in [-0.3, -0.25) is 4.79 Å². The lowest BCUT2D eigenvalue weighted by Crippen LogP contribution is -2.31. The van der Waals surface area contributed by atoms with Crippen molar-refractivity contribution in [2.45, 2.75) is 13.5 Å². The van der Waals surface area contributed by atoms with Crippen LogP contribution in [0.5, 0.6) is 11.5 Å². The molecule has 0 aliphatic rings. The van der Waals surface area contributed by atoms with E-state index in [1.807, 2.05) is 43.3 Å². The summed E-state index contributed by atoms with van der Waals surface area (Å²) in [5, 5.41) is 11.4. The molecule has 1 amide bonds. The van der Waals surface area contributed by atoms with Crippen molar-refractivity contribution in [2.24, 2.45) is 0 Å². The molecule has 7 heteroatoms. The van der Waals surface area contributed by atoms with Gasteiger partial charge in [0.15, 0.2) is 23.0 Å². The van der Waals surface area contributed by atoms with Gasteiger partial charge in [-0.2, -0.15) is 0 Å². The molecule has 0 spiro atoms. The Balaban J connectivity index is 1.69. The molecule has 0 saturated heterocycles. The fourth-order valence-electron chi connectivity index (χ4n) is 2.87. The van der Waals surface area contributed by atoms with Gasteiger partial charge in [0.05, 0.1) is 14.2 Å². The predicted molar refractivity (Wildman–Crippen MR) is 112 cm³/mol. The van der Waals surface area contributed by atoms with Crippen LogP contribution in [0.2, 0.25) is 0 Å². The second-order valence-corrected chi connectivity index (χ2v) is 6.30. The van der Waals surface area contributed by atoms with Crippen molar-refractivity contribution in [2.75, 3.05) is 26.1 Å². The lowest BCUT2D eigenvalue weighted by Gasteiger charge is -2.20. The number of amides is 1. The average molecular weight is 392 g/mol. The third-order valence-electron chi connectivity index (χ3n) is 4.42. The maximum absolute atomic E-state index is 12.8. The van der Waals surface area contributed by atoms with Crippen LogP contribution >= 0.6 is 0 Å². The number of nitrogens with zero attached hydrogens (tertiary/aromatic N) is 3. The van der Waals surface area contributed by atoms with Gasteiger partial charge < -0.3 is 19.7 Å². The molecular formula is C22H24N4O3. The summed E-state index contributed by atoms with van der Waals surface area (Å²) < 4.78 is 10.5. The molecule has 3 aromatic rings. The van der Waals surface area contributed by atoms with Crippen LogP contribution in [-0.2, 0) is 6.54 Å². The van der Waals surface area contributed by atoms with Gasteiger partial charge in [-0.15, -0.1) is 10.2 Å². The number of anilines is 2. The van der Waals surface area contributed by atoms with Gasteiger partial charge in [0.25, 0.3) is 5.91 Å². The Morgan fingerprint density at radius 3 is 2.34 bits per heavy atom. The van der Waals surface area contributed by atoms with E-state index in [1.54, 1.807) is 43.4 Å². The van der Waals surface area contributed by atoms with E-state index in [0.29, 0.717) is 36.1 Å². The third kappa shape index (κ3) is 5.01. The summed E-state index contributed by atoms with van der Waals surface area (Å²) in [7, 11) is 3.17. The van der Waals surface area contributed by atoms with E-state index in [2.05, 4.69) is 15.5 Å². The molecule has 0 radical (unpaired) electrons. The monoisotopic (exact) mass is 392 g/mol. The first-order chi connectivity index (χ1) is 14.1. The highest BCUT2D eigenvalue weighted by Crippen LogP contribution is 2.30. The molecule has 1 N–H and O–H groups in total. The lowest BCUT2D eigenvalue weighted by atomic mass is 10.2. The Kier molecular flexibility index (Phi) is 6.63. The van der Waals surface area contributed by atoms with E-state index in [-0.39, 0.29) is 5.91 Å². The Morgan fingerprint density at radius 1 is 0.966 bits per heavy atom. The molecule has 3 rings (SSSR count). The van der Waals surface area contributed by atoms with E-state index in [4.69, 9.17) is 9.47 Å². The van der Waals surface area contributed by atoms with Gasteiger partial charge in [0, 0.05) is 24.8 Å². The van der Waals surface area contributed by atoms with E-state index >= 15 is 0 Å². The number of hydrogen-bond acceptors (Lipinski definition) is 6.